The van der Waals surface area contributed by atoms with Crippen LogP contribution in [-0.4, -0.2) is 42.8 Å². The van der Waals surface area contributed by atoms with E-state index in [2.05, 4.69) is 12.2 Å². The number of fused-ring (bicyclic) bond motifs is 3. The number of benzene rings is 1. The van der Waals surface area contributed by atoms with Crippen LogP contribution in [-0.2, 0) is 10.6 Å². The maximum absolute atomic E-state index is 15.2. The first-order chi connectivity index (χ1) is 12.9. The Morgan fingerprint density at radius 3 is 2.89 bits per heavy atom. The molecule has 3 heterocycles. The number of ether oxygens (including phenoxy) is 1. The quantitative estimate of drug-likeness (QED) is 0.811. The van der Waals surface area contributed by atoms with Gasteiger partial charge >= 0.3 is 5.97 Å². The number of pyridine rings is 1. The van der Waals surface area contributed by atoms with Crippen molar-refractivity contribution in [2.45, 2.75) is 37.7 Å². The molecule has 1 aromatic heterocycles. The molecule has 1 unspecified atom stereocenters. The highest BCUT2D eigenvalue weighted by atomic mass is 32.2. The van der Waals surface area contributed by atoms with Crippen LogP contribution in [0.1, 0.15) is 29.8 Å². The van der Waals surface area contributed by atoms with E-state index in [1.165, 1.54) is 11.8 Å². The second-order valence-corrected chi connectivity index (χ2v) is 7.89. The molecule has 0 bridgehead atoms. The van der Waals surface area contributed by atoms with Crippen LogP contribution in [0.3, 0.4) is 0 Å². The summed E-state index contributed by atoms with van der Waals surface area (Å²) in [5.74, 6) is -0.405. The van der Waals surface area contributed by atoms with E-state index >= 15 is 4.39 Å². The van der Waals surface area contributed by atoms with Gasteiger partial charge in [-0.2, -0.15) is 0 Å². The van der Waals surface area contributed by atoms with Crippen LogP contribution in [0.15, 0.2) is 15.9 Å². The Morgan fingerprint density at radius 2 is 2.26 bits per heavy atom. The Morgan fingerprint density at radius 1 is 1.48 bits per heavy atom. The maximum Gasteiger partial charge on any atom is 0.344 e. The number of anilines is 1. The molecule has 1 aromatic carbocycles. The maximum atomic E-state index is 15.2. The van der Waals surface area contributed by atoms with Gasteiger partial charge in [-0.15, -0.1) is 0 Å². The van der Waals surface area contributed by atoms with Gasteiger partial charge in [0.05, 0.1) is 34.1 Å². The number of halogens is 1. The van der Waals surface area contributed by atoms with Gasteiger partial charge in [-0.25, -0.2) is 9.18 Å². The van der Waals surface area contributed by atoms with Gasteiger partial charge in [0.2, 0.25) is 5.43 Å². The number of esters is 1. The zero-order chi connectivity index (χ0) is 19.3. The molecule has 0 saturated carbocycles. The number of nitrogens with one attached hydrogen (secondary N) is 1. The molecular formula is C19H22FN3O3S. The van der Waals surface area contributed by atoms with Crippen molar-refractivity contribution in [1.29, 1.82) is 0 Å². The van der Waals surface area contributed by atoms with Gasteiger partial charge in [0, 0.05) is 31.2 Å². The molecule has 0 aliphatic carbocycles. The molecule has 2 aromatic rings. The Labute approximate surface area is 160 Å². The molecular weight excluding hydrogens is 369 g/mol. The highest BCUT2D eigenvalue weighted by Crippen LogP contribution is 2.39. The minimum absolute atomic E-state index is 0.0200. The van der Waals surface area contributed by atoms with Crippen molar-refractivity contribution in [3.8, 4) is 0 Å². The van der Waals surface area contributed by atoms with E-state index in [0.717, 1.165) is 6.54 Å². The lowest BCUT2D eigenvalue weighted by Gasteiger charge is -2.35. The molecule has 27 heavy (non-hydrogen) atoms. The summed E-state index contributed by atoms with van der Waals surface area (Å²) in [5.41, 5.74) is 1.06. The predicted octanol–water partition coefficient (Wildman–Crippen LogP) is 2.49. The molecule has 6 nitrogen and oxygen atoms in total. The first-order valence-electron chi connectivity index (χ1n) is 9.11. The Hall–Kier alpha value is -2.06. The van der Waals surface area contributed by atoms with Gasteiger partial charge in [0.25, 0.3) is 0 Å². The fraction of sp³-hybridized carbons (Fsp3) is 0.474. The summed E-state index contributed by atoms with van der Waals surface area (Å²) in [6.07, 6.45) is 0. The van der Waals surface area contributed by atoms with E-state index in [1.54, 1.807) is 19.9 Å². The highest BCUT2D eigenvalue weighted by Gasteiger charge is 2.31. The first kappa shape index (κ1) is 18.3. The van der Waals surface area contributed by atoms with Crippen molar-refractivity contribution >= 4 is 34.3 Å². The van der Waals surface area contributed by atoms with Gasteiger partial charge in [-0.1, -0.05) is 11.8 Å². The minimum atomic E-state index is -0.639. The Bertz CT molecular complexity index is 1000. The number of aromatic nitrogens is 1. The minimum Gasteiger partial charge on any atom is -0.462 e. The summed E-state index contributed by atoms with van der Waals surface area (Å²) < 4.78 is 22.2. The molecule has 1 saturated heterocycles. The van der Waals surface area contributed by atoms with Crippen molar-refractivity contribution in [1.82, 2.24) is 9.88 Å². The second-order valence-electron chi connectivity index (χ2n) is 6.96. The van der Waals surface area contributed by atoms with Crippen LogP contribution in [0.25, 0.3) is 10.9 Å². The molecule has 0 amide bonds. The Balaban J connectivity index is 1.94. The topological polar surface area (TPSA) is 63.6 Å². The zero-order valence-electron chi connectivity index (χ0n) is 15.6. The van der Waals surface area contributed by atoms with Crippen molar-refractivity contribution in [2.24, 2.45) is 0 Å². The number of piperazine rings is 1. The van der Waals surface area contributed by atoms with E-state index < -0.39 is 17.2 Å². The molecule has 0 spiro atoms. The number of carbonyl (C=O) groups is 1. The van der Waals surface area contributed by atoms with Gasteiger partial charge in [-0.3, -0.25) is 4.79 Å². The van der Waals surface area contributed by atoms with Crippen LogP contribution >= 0.6 is 11.8 Å². The summed E-state index contributed by atoms with van der Waals surface area (Å²) in [5, 5.41) is 4.23. The molecule has 1 N–H and O–H groups in total. The summed E-state index contributed by atoms with van der Waals surface area (Å²) >= 11 is 1.44. The number of rotatable bonds is 3. The van der Waals surface area contributed by atoms with Crippen molar-refractivity contribution in [3.05, 3.63) is 33.2 Å². The van der Waals surface area contributed by atoms with Crippen LogP contribution in [0.4, 0.5) is 10.1 Å². The second kappa shape index (κ2) is 6.83. The van der Waals surface area contributed by atoms with E-state index in [0.29, 0.717) is 35.2 Å². The monoisotopic (exact) mass is 391 g/mol. The molecule has 1 atom stereocenters. The van der Waals surface area contributed by atoms with Gasteiger partial charge < -0.3 is 19.5 Å². The third-order valence-electron chi connectivity index (χ3n) is 5.18. The fourth-order valence-electron chi connectivity index (χ4n) is 3.82. The normalized spacial score (nSPS) is 19.0. The SMILES string of the molecule is CCOC(=O)c1c2n(c3cc(N4CCNC(C)C4)c(F)c(C)c3c1=O)CS2. The lowest BCUT2D eigenvalue weighted by molar-refractivity contribution is 0.0518. The standard InChI is InChI=1S/C19H22FN3O3S/c1-4-26-19(25)15-17(24)14-11(3)16(20)13(22-6-5-21-10(2)8-22)7-12(14)23-9-27-18(15)23/h7,10,21H,4-6,8-9H2,1-3H3. The number of hydrogen-bond acceptors (Lipinski definition) is 6. The van der Waals surface area contributed by atoms with Crippen LogP contribution in [0.2, 0.25) is 0 Å². The van der Waals surface area contributed by atoms with Crippen molar-refractivity contribution in [2.75, 3.05) is 31.1 Å². The lowest BCUT2D eigenvalue weighted by Crippen LogP contribution is -2.49. The molecule has 2 aliphatic heterocycles. The summed E-state index contributed by atoms with van der Waals surface area (Å²) in [7, 11) is 0. The van der Waals surface area contributed by atoms with Crippen molar-refractivity contribution in [3.63, 3.8) is 0 Å². The molecule has 8 heteroatoms. The lowest BCUT2D eigenvalue weighted by atomic mass is 10.0. The molecule has 0 radical (unpaired) electrons. The summed E-state index contributed by atoms with van der Waals surface area (Å²) in [6, 6.07) is 2.02. The van der Waals surface area contributed by atoms with Crippen LogP contribution in [0.5, 0.6) is 0 Å². The third kappa shape index (κ3) is 2.82. The van der Waals surface area contributed by atoms with Gasteiger partial charge in [0.1, 0.15) is 11.4 Å². The van der Waals surface area contributed by atoms with E-state index in [9.17, 15) is 9.59 Å². The van der Waals surface area contributed by atoms with E-state index in [4.69, 9.17) is 4.74 Å². The number of thioether (sulfide) groups is 1. The largest absolute Gasteiger partial charge is 0.462 e. The average molecular weight is 391 g/mol. The van der Waals surface area contributed by atoms with Crippen LogP contribution in [0, 0.1) is 12.7 Å². The van der Waals surface area contributed by atoms with Gasteiger partial charge in [-0.05, 0) is 26.8 Å². The molecule has 2 aliphatic rings. The zero-order valence-corrected chi connectivity index (χ0v) is 16.4. The van der Waals surface area contributed by atoms with E-state index in [1.807, 2.05) is 9.47 Å². The third-order valence-corrected chi connectivity index (χ3v) is 6.27. The average Bonchev–Trinajstić information content (AvgIpc) is 2.60. The van der Waals surface area contributed by atoms with E-state index in [-0.39, 0.29) is 29.2 Å². The van der Waals surface area contributed by atoms with Crippen LogP contribution < -0.4 is 15.6 Å². The first-order valence-corrected chi connectivity index (χ1v) is 10.1. The van der Waals surface area contributed by atoms with Gasteiger partial charge in [0.15, 0.2) is 0 Å². The number of nitrogens with zero attached hydrogens (tertiary/aromatic N) is 2. The smallest absolute Gasteiger partial charge is 0.344 e. The molecule has 1 fully saturated rings. The van der Waals surface area contributed by atoms with Crippen molar-refractivity contribution < 1.29 is 13.9 Å². The fourth-order valence-corrected chi connectivity index (χ4v) is 4.77. The summed E-state index contributed by atoms with van der Waals surface area (Å²) in [4.78, 5) is 27.4. The highest BCUT2D eigenvalue weighted by molar-refractivity contribution is 7.99. The summed E-state index contributed by atoms with van der Waals surface area (Å²) in [6.45, 7) is 7.76. The predicted molar refractivity (Wildman–Crippen MR) is 104 cm³/mol. The number of hydrogen-bond donors (Lipinski definition) is 1. The number of carbonyl (C=O) groups excluding carboxylic acids is 1. The Kier molecular flexibility index (Phi) is 4.63. The molecule has 144 valence electrons. The molecule has 4 rings (SSSR count). The number of aryl methyl sites for hydroxylation is 1.